The van der Waals surface area contributed by atoms with E-state index in [4.69, 9.17) is 4.74 Å². The molecule has 1 heterocycles. The quantitative estimate of drug-likeness (QED) is 0.886. The number of fused-ring (bicyclic) bond motifs is 3. The number of aromatic nitrogens is 2. The Morgan fingerprint density at radius 1 is 1.32 bits per heavy atom. The summed E-state index contributed by atoms with van der Waals surface area (Å²) in [7, 11) is 1.71. The number of hydrogen-bond acceptors (Lipinski definition) is 3. The van der Waals surface area contributed by atoms with Crippen LogP contribution >= 0.6 is 0 Å². The van der Waals surface area contributed by atoms with Crippen LogP contribution in [0.25, 0.3) is 11.3 Å². The van der Waals surface area contributed by atoms with Crippen molar-refractivity contribution < 1.29 is 4.74 Å². The number of ether oxygens (including phenoxy) is 1. The van der Waals surface area contributed by atoms with Crippen molar-refractivity contribution in [2.24, 2.45) is 0 Å². The van der Waals surface area contributed by atoms with Crippen LogP contribution in [0.15, 0.2) is 18.2 Å². The van der Waals surface area contributed by atoms with Crippen LogP contribution in [0.3, 0.4) is 0 Å². The Morgan fingerprint density at radius 3 is 3.00 bits per heavy atom. The van der Waals surface area contributed by atoms with Crippen LogP contribution in [0.1, 0.15) is 24.0 Å². The third kappa shape index (κ3) is 1.79. The van der Waals surface area contributed by atoms with Gasteiger partial charge in [0.05, 0.1) is 12.8 Å². The summed E-state index contributed by atoms with van der Waals surface area (Å²) in [6.45, 7) is 0. The lowest BCUT2D eigenvalue weighted by Gasteiger charge is -2.17. The van der Waals surface area contributed by atoms with E-state index in [1.165, 1.54) is 35.2 Å². The molecule has 1 fully saturated rings. The van der Waals surface area contributed by atoms with E-state index in [9.17, 15) is 0 Å². The van der Waals surface area contributed by atoms with Gasteiger partial charge in [-0.1, -0.05) is 0 Å². The summed E-state index contributed by atoms with van der Waals surface area (Å²) >= 11 is 0. The van der Waals surface area contributed by atoms with Gasteiger partial charge in [0, 0.05) is 17.2 Å². The summed E-state index contributed by atoms with van der Waals surface area (Å²) in [6, 6.07) is 6.92. The molecule has 0 aliphatic heterocycles. The second-order valence-corrected chi connectivity index (χ2v) is 5.37. The number of aryl methyl sites for hydroxylation is 1. The lowest BCUT2D eigenvalue weighted by molar-refractivity contribution is 0.414. The van der Waals surface area contributed by atoms with Gasteiger partial charge in [0.2, 0.25) is 0 Å². The zero-order valence-electron chi connectivity index (χ0n) is 11.0. The van der Waals surface area contributed by atoms with Gasteiger partial charge in [-0.05, 0) is 49.4 Å². The summed E-state index contributed by atoms with van der Waals surface area (Å²) in [5.41, 5.74) is 5.11. The average Bonchev–Trinajstić information content (AvgIpc) is 3.17. The fourth-order valence-corrected chi connectivity index (χ4v) is 2.78. The minimum Gasteiger partial charge on any atom is -0.497 e. The van der Waals surface area contributed by atoms with Crippen molar-refractivity contribution in [3.63, 3.8) is 0 Å². The van der Waals surface area contributed by atoms with Gasteiger partial charge >= 0.3 is 0 Å². The topological polar surface area (TPSA) is 49.9 Å². The molecule has 0 bridgehead atoms. The Kier molecular flexibility index (Phi) is 2.31. The number of nitrogens with one attached hydrogen (secondary N) is 2. The van der Waals surface area contributed by atoms with Gasteiger partial charge in [-0.25, -0.2) is 0 Å². The third-order valence-electron chi connectivity index (χ3n) is 4.01. The highest BCUT2D eigenvalue weighted by Gasteiger charge is 2.27. The minimum absolute atomic E-state index is 0.643. The highest BCUT2D eigenvalue weighted by atomic mass is 16.5. The van der Waals surface area contributed by atoms with Crippen LogP contribution in [-0.4, -0.2) is 23.3 Å². The van der Waals surface area contributed by atoms with E-state index in [-0.39, 0.29) is 0 Å². The second kappa shape index (κ2) is 4.02. The molecule has 19 heavy (non-hydrogen) atoms. The van der Waals surface area contributed by atoms with Crippen LogP contribution < -0.4 is 10.1 Å². The van der Waals surface area contributed by atoms with Crippen molar-refractivity contribution in [3.05, 3.63) is 29.3 Å². The third-order valence-corrected chi connectivity index (χ3v) is 4.01. The van der Waals surface area contributed by atoms with Crippen molar-refractivity contribution in [3.8, 4) is 17.0 Å². The van der Waals surface area contributed by atoms with Crippen LogP contribution in [0, 0.1) is 0 Å². The van der Waals surface area contributed by atoms with Gasteiger partial charge in [0.15, 0.2) is 5.82 Å². The molecule has 98 valence electrons. The molecule has 0 unspecified atom stereocenters. The van der Waals surface area contributed by atoms with E-state index in [1.54, 1.807) is 7.11 Å². The predicted molar refractivity (Wildman–Crippen MR) is 74.6 cm³/mol. The summed E-state index contributed by atoms with van der Waals surface area (Å²) in [5.74, 6) is 1.98. The van der Waals surface area contributed by atoms with Crippen molar-refractivity contribution in [1.29, 1.82) is 0 Å². The van der Waals surface area contributed by atoms with Crippen molar-refractivity contribution in [2.45, 2.75) is 31.7 Å². The van der Waals surface area contributed by atoms with Crippen molar-refractivity contribution in [1.82, 2.24) is 10.2 Å². The van der Waals surface area contributed by atoms with E-state index in [0.717, 1.165) is 24.4 Å². The molecule has 4 rings (SSSR count). The van der Waals surface area contributed by atoms with Gasteiger partial charge < -0.3 is 10.1 Å². The molecule has 0 radical (unpaired) electrons. The maximum absolute atomic E-state index is 5.30. The van der Waals surface area contributed by atoms with Crippen molar-refractivity contribution >= 4 is 5.82 Å². The SMILES string of the molecule is COc1ccc2c(c1)CCc1c(NC3CC3)n[nH]c1-2. The van der Waals surface area contributed by atoms with E-state index < -0.39 is 0 Å². The van der Waals surface area contributed by atoms with Gasteiger partial charge in [0.1, 0.15) is 5.75 Å². The number of benzene rings is 1. The minimum atomic E-state index is 0.643. The molecule has 1 aromatic heterocycles. The normalized spacial score (nSPS) is 16.7. The number of anilines is 1. The summed E-state index contributed by atoms with van der Waals surface area (Å²) in [6.07, 6.45) is 4.64. The van der Waals surface area contributed by atoms with E-state index >= 15 is 0 Å². The first kappa shape index (κ1) is 10.9. The molecule has 2 aliphatic carbocycles. The number of methoxy groups -OCH3 is 1. The Bertz CT molecular complexity index is 628. The van der Waals surface area contributed by atoms with Crippen LogP contribution in [0.4, 0.5) is 5.82 Å². The van der Waals surface area contributed by atoms with Crippen LogP contribution in [-0.2, 0) is 12.8 Å². The lowest BCUT2D eigenvalue weighted by atomic mass is 9.90. The van der Waals surface area contributed by atoms with Crippen molar-refractivity contribution in [2.75, 3.05) is 12.4 Å². The zero-order valence-corrected chi connectivity index (χ0v) is 11.0. The molecule has 2 N–H and O–H groups in total. The molecular formula is C15H17N3O. The molecule has 0 atom stereocenters. The van der Waals surface area contributed by atoms with Crippen LogP contribution in [0.2, 0.25) is 0 Å². The van der Waals surface area contributed by atoms with Gasteiger partial charge in [-0.15, -0.1) is 0 Å². The first-order valence-corrected chi connectivity index (χ1v) is 6.86. The standard InChI is InChI=1S/C15H17N3O/c1-19-11-5-7-12-9(8-11)2-6-13-14(12)17-18-15(13)16-10-3-4-10/h5,7-8,10H,2-4,6H2,1H3,(H2,16,17,18). The number of nitrogens with zero attached hydrogens (tertiary/aromatic N) is 1. The molecule has 1 saturated carbocycles. The highest BCUT2D eigenvalue weighted by molar-refractivity contribution is 5.75. The van der Waals surface area contributed by atoms with Crippen LogP contribution in [0.5, 0.6) is 5.75 Å². The molecule has 1 aromatic carbocycles. The number of rotatable bonds is 3. The smallest absolute Gasteiger partial charge is 0.151 e. The van der Waals surface area contributed by atoms with E-state index in [1.807, 2.05) is 6.07 Å². The fraction of sp³-hybridized carbons (Fsp3) is 0.400. The first-order chi connectivity index (χ1) is 9.35. The fourth-order valence-electron chi connectivity index (χ4n) is 2.78. The molecule has 4 nitrogen and oxygen atoms in total. The Morgan fingerprint density at radius 2 is 2.21 bits per heavy atom. The van der Waals surface area contributed by atoms with E-state index in [0.29, 0.717) is 6.04 Å². The summed E-state index contributed by atoms with van der Waals surface area (Å²) in [4.78, 5) is 0. The van der Waals surface area contributed by atoms with Gasteiger partial charge in [0.25, 0.3) is 0 Å². The molecular weight excluding hydrogens is 238 g/mol. The Hall–Kier alpha value is -1.97. The number of H-pyrrole nitrogens is 1. The highest BCUT2D eigenvalue weighted by Crippen LogP contribution is 2.38. The Labute approximate surface area is 112 Å². The molecule has 2 aromatic rings. The number of aromatic amines is 1. The lowest BCUT2D eigenvalue weighted by Crippen LogP contribution is -2.07. The molecule has 0 saturated heterocycles. The van der Waals surface area contributed by atoms with Gasteiger partial charge in [-0.3, -0.25) is 5.10 Å². The monoisotopic (exact) mass is 255 g/mol. The zero-order chi connectivity index (χ0) is 12.8. The second-order valence-electron chi connectivity index (χ2n) is 5.37. The number of hydrogen-bond donors (Lipinski definition) is 2. The summed E-state index contributed by atoms with van der Waals surface area (Å²) < 4.78 is 5.30. The average molecular weight is 255 g/mol. The van der Waals surface area contributed by atoms with E-state index in [2.05, 4.69) is 27.6 Å². The first-order valence-electron chi connectivity index (χ1n) is 6.86. The predicted octanol–water partition coefficient (Wildman–Crippen LogP) is 2.76. The Balaban J connectivity index is 1.75. The maximum atomic E-state index is 5.30. The molecule has 2 aliphatic rings. The molecule has 4 heteroatoms. The summed E-state index contributed by atoms with van der Waals surface area (Å²) in [5, 5.41) is 11.2. The largest absolute Gasteiger partial charge is 0.497 e. The molecule has 0 spiro atoms. The maximum Gasteiger partial charge on any atom is 0.151 e. The van der Waals surface area contributed by atoms with Gasteiger partial charge in [-0.2, -0.15) is 5.10 Å². The molecule has 0 amide bonds.